The van der Waals surface area contributed by atoms with Gasteiger partial charge in [-0.1, -0.05) is 35.1 Å². The number of carbonyl (C=O) groups excluding carboxylic acids is 1. The van der Waals surface area contributed by atoms with Crippen LogP contribution in [0.4, 0.5) is 5.13 Å². The van der Waals surface area contributed by atoms with E-state index < -0.39 is 5.60 Å². The van der Waals surface area contributed by atoms with Crippen molar-refractivity contribution in [1.82, 2.24) is 9.97 Å². The Balaban J connectivity index is 1.72. The molecule has 164 valence electrons. The number of amides is 1. The Kier molecular flexibility index (Phi) is 6.17. The monoisotopic (exact) mass is 465 g/mol. The Labute approximate surface area is 196 Å². The zero-order chi connectivity index (χ0) is 22.9. The number of carbonyl (C=O) groups is 1. The quantitative estimate of drug-likeness (QED) is 0.333. The van der Waals surface area contributed by atoms with Crippen LogP contribution in [-0.2, 0) is 11.3 Å². The highest BCUT2D eigenvalue weighted by atomic mass is 35.5. The molecule has 1 amide bonds. The fourth-order valence-electron chi connectivity index (χ4n) is 3.53. The SMILES string of the molecule is Cc1cc(C)c2sc(N(Cc3ccccn3)C(=O)C(C)(C)Oc3ccc(Cl)cc3)nc2c1. The molecule has 0 aliphatic heterocycles. The summed E-state index contributed by atoms with van der Waals surface area (Å²) >= 11 is 7.49. The van der Waals surface area contributed by atoms with Crippen LogP contribution in [0.1, 0.15) is 30.7 Å². The van der Waals surface area contributed by atoms with Crippen LogP contribution >= 0.6 is 22.9 Å². The van der Waals surface area contributed by atoms with Gasteiger partial charge in [-0.3, -0.25) is 14.7 Å². The van der Waals surface area contributed by atoms with Crippen LogP contribution in [0.5, 0.6) is 5.75 Å². The van der Waals surface area contributed by atoms with E-state index in [-0.39, 0.29) is 5.91 Å². The number of pyridine rings is 1. The van der Waals surface area contributed by atoms with Crippen molar-refractivity contribution in [3.63, 3.8) is 0 Å². The van der Waals surface area contributed by atoms with E-state index in [1.165, 1.54) is 11.3 Å². The molecular weight excluding hydrogens is 442 g/mol. The summed E-state index contributed by atoms with van der Waals surface area (Å²) in [5, 5.41) is 1.23. The molecule has 0 N–H and O–H groups in total. The van der Waals surface area contributed by atoms with Crippen molar-refractivity contribution in [1.29, 1.82) is 0 Å². The van der Waals surface area contributed by atoms with Gasteiger partial charge in [-0.2, -0.15) is 0 Å². The summed E-state index contributed by atoms with van der Waals surface area (Å²) in [7, 11) is 0. The van der Waals surface area contributed by atoms with Crippen molar-refractivity contribution in [2.75, 3.05) is 4.90 Å². The highest BCUT2D eigenvalue weighted by Gasteiger charge is 2.36. The largest absolute Gasteiger partial charge is 0.478 e. The number of thiazole rings is 1. The molecule has 0 fully saturated rings. The molecule has 0 aliphatic rings. The number of nitrogens with zero attached hydrogens (tertiary/aromatic N) is 3. The first-order valence-electron chi connectivity index (χ1n) is 10.3. The maximum atomic E-state index is 13.8. The first kappa shape index (κ1) is 22.2. The van der Waals surface area contributed by atoms with Gasteiger partial charge in [0.1, 0.15) is 5.75 Å². The molecular formula is C25H24ClN3O2S. The molecule has 7 heteroatoms. The molecule has 5 nitrogen and oxygen atoms in total. The van der Waals surface area contributed by atoms with Crippen molar-refractivity contribution in [3.05, 3.63) is 82.6 Å². The minimum atomic E-state index is -1.13. The lowest BCUT2D eigenvalue weighted by molar-refractivity contribution is -0.131. The van der Waals surface area contributed by atoms with Crippen LogP contribution in [0, 0.1) is 13.8 Å². The molecule has 4 rings (SSSR count). The summed E-state index contributed by atoms with van der Waals surface area (Å²) in [6.07, 6.45) is 1.72. The molecule has 2 aromatic heterocycles. The van der Waals surface area contributed by atoms with E-state index in [1.54, 1.807) is 49.2 Å². The van der Waals surface area contributed by atoms with Crippen molar-refractivity contribution in [2.45, 2.75) is 39.8 Å². The van der Waals surface area contributed by atoms with Gasteiger partial charge in [0.05, 0.1) is 22.5 Å². The van der Waals surface area contributed by atoms with Gasteiger partial charge in [-0.15, -0.1) is 0 Å². The average Bonchev–Trinajstić information content (AvgIpc) is 3.18. The second-order valence-electron chi connectivity index (χ2n) is 8.21. The van der Waals surface area contributed by atoms with E-state index in [0.29, 0.717) is 22.4 Å². The normalized spacial score (nSPS) is 11.5. The zero-order valence-electron chi connectivity index (χ0n) is 18.4. The van der Waals surface area contributed by atoms with Crippen LogP contribution in [0.2, 0.25) is 5.02 Å². The molecule has 0 bridgehead atoms. The fraction of sp³-hybridized carbons (Fsp3) is 0.240. The highest BCUT2D eigenvalue weighted by Crippen LogP contribution is 2.34. The number of aromatic nitrogens is 2. The molecule has 0 saturated heterocycles. The van der Waals surface area contributed by atoms with Gasteiger partial charge in [-0.05, 0) is 81.3 Å². The lowest BCUT2D eigenvalue weighted by atomic mass is 10.1. The number of fused-ring (bicyclic) bond motifs is 1. The van der Waals surface area contributed by atoms with Crippen LogP contribution in [0.3, 0.4) is 0 Å². The second-order valence-corrected chi connectivity index (χ2v) is 9.62. The molecule has 0 atom stereocenters. The number of rotatable bonds is 6. The second kappa shape index (κ2) is 8.88. The first-order chi connectivity index (χ1) is 15.2. The minimum absolute atomic E-state index is 0.202. The molecule has 2 aromatic carbocycles. The van der Waals surface area contributed by atoms with Gasteiger partial charge in [0.15, 0.2) is 10.7 Å². The summed E-state index contributed by atoms with van der Waals surface area (Å²) in [6, 6.07) is 16.8. The molecule has 0 unspecified atom stereocenters. The van der Waals surface area contributed by atoms with Gasteiger partial charge >= 0.3 is 0 Å². The smallest absolute Gasteiger partial charge is 0.272 e. The summed E-state index contributed by atoms with van der Waals surface area (Å²) in [5.41, 5.74) is 2.81. The maximum Gasteiger partial charge on any atom is 0.272 e. The van der Waals surface area contributed by atoms with E-state index in [0.717, 1.165) is 27.0 Å². The lowest BCUT2D eigenvalue weighted by Gasteiger charge is -2.31. The topological polar surface area (TPSA) is 55.3 Å². The average molecular weight is 466 g/mol. The van der Waals surface area contributed by atoms with Crippen molar-refractivity contribution in [2.24, 2.45) is 0 Å². The number of halogens is 1. The van der Waals surface area contributed by atoms with Crippen LogP contribution in [-0.4, -0.2) is 21.5 Å². The van der Waals surface area contributed by atoms with Crippen molar-refractivity contribution in [3.8, 4) is 5.75 Å². The van der Waals surface area contributed by atoms with E-state index in [2.05, 4.69) is 18.0 Å². The molecule has 4 aromatic rings. The van der Waals surface area contributed by atoms with Crippen molar-refractivity contribution < 1.29 is 9.53 Å². The van der Waals surface area contributed by atoms with Gasteiger partial charge in [0, 0.05) is 11.2 Å². The number of ether oxygens (including phenoxy) is 1. The van der Waals surface area contributed by atoms with Crippen molar-refractivity contribution >= 4 is 44.2 Å². The molecule has 0 radical (unpaired) electrons. The zero-order valence-corrected chi connectivity index (χ0v) is 20.0. The molecule has 0 saturated carbocycles. The van der Waals surface area contributed by atoms with Gasteiger partial charge < -0.3 is 4.74 Å². The van der Waals surface area contributed by atoms with E-state index in [4.69, 9.17) is 21.3 Å². The minimum Gasteiger partial charge on any atom is -0.478 e. The van der Waals surface area contributed by atoms with Crippen LogP contribution < -0.4 is 9.64 Å². The number of aryl methyl sites for hydroxylation is 2. The summed E-state index contributed by atoms with van der Waals surface area (Å²) in [6.45, 7) is 7.93. The Hall–Kier alpha value is -2.96. The predicted octanol–water partition coefficient (Wildman–Crippen LogP) is 6.35. The molecule has 0 spiro atoms. The summed E-state index contributed by atoms with van der Waals surface area (Å²) < 4.78 is 7.15. The van der Waals surface area contributed by atoms with E-state index >= 15 is 0 Å². The Morgan fingerprint density at radius 2 is 1.88 bits per heavy atom. The van der Waals surface area contributed by atoms with E-state index in [1.807, 2.05) is 31.2 Å². The number of hydrogen-bond acceptors (Lipinski definition) is 5. The van der Waals surface area contributed by atoms with Gasteiger partial charge in [0.25, 0.3) is 5.91 Å². The number of benzene rings is 2. The van der Waals surface area contributed by atoms with Crippen LogP contribution in [0.25, 0.3) is 10.2 Å². The molecule has 32 heavy (non-hydrogen) atoms. The first-order valence-corrected chi connectivity index (χ1v) is 11.5. The third-order valence-corrected chi connectivity index (χ3v) is 6.51. The number of hydrogen-bond donors (Lipinski definition) is 0. The van der Waals surface area contributed by atoms with E-state index in [9.17, 15) is 4.79 Å². The van der Waals surface area contributed by atoms with Gasteiger partial charge in [-0.25, -0.2) is 4.98 Å². The Bertz CT molecular complexity index is 1250. The number of anilines is 1. The Morgan fingerprint density at radius 1 is 1.12 bits per heavy atom. The van der Waals surface area contributed by atoms with Gasteiger partial charge in [0.2, 0.25) is 0 Å². The summed E-state index contributed by atoms with van der Waals surface area (Å²) in [4.78, 5) is 24.7. The third kappa shape index (κ3) is 4.76. The van der Waals surface area contributed by atoms with Crippen LogP contribution in [0.15, 0.2) is 60.8 Å². The summed E-state index contributed by atoms with van der Waals surface area (Å²) in [5.74, 6) is 0.368. The Morgan fingerprint density at radius 3 is 2.56 bits per heavy atom. The predicted molar refractivity (Wildman–Crippen MR) is 131 cm³/mol. The fourth-order valence-corrected chi connectivity index (χ4v) is 4.67. The lowest BCUT2D eigenvalue weighted by Crippen LogP contribution is -2.49. The maximum absolute atomic E-state index is 13.8. The molecule has 0 aliphatic carbocycles. The molecule has 2 heterocycles. The standard InChI is InChI=1S/C25H24ClN3O2S/c1-16-13-17(2)22-21(14-16)28-24(32-22)29(15-19-7-5-6-12-27-19)23(30)25(3,4)31-20-10-8-18(26)9-11-20/h5-14H,15H2,1-4H3. The highest BCUT2D eigenvalue weighted by molar-refractivity contribution is 7.22. The third-order valence-electron chi connectivity index (χ3n) is 5.03.